The number of anilines is 2. The van der Waals surface area contributed by atoms with E-state index in [2.05, 4.69) is 26.0 Å². The molecular formula is C35H36N6O4. The van der Waals surface area contributed by atoms with Crippen LogP contribution in [0.4, 0.5) is 11.4 Å². The molecule has 230 valence electrons. The van der Waals surface area contributed by atoms with Crippen LogP contribution in [0.3, 0.4) is 0 Å². The molecule has 1 spiro atoms. The second kappa shape index (κ2) is 10.8. The molecule has 2 aliphatic carbocycles. The van der Waals surface area contributed by atoms with Crippen LogP contribution in [-0.2, 0) is 20.4 Å². The van der Waals surface area contributed by atoms with Gasteiger partial charge in [0.25, 0.3) is 0 Å². The Bertz CT molecular complexity index is 1780. The van der Waals surface area contributed by atoms with Crippen molar-refractivity contribution in [3.8, 4) is 22.4 Å². The lowest BCUT2D eigenvalue weighted by molar-refractivity contribution is -0.122. The molecule has 2 fully saturated rings. The van der Waals surface area contributed by atoms with Crippen LogP contribution in [-0.4, -0.2) is 67.3 Å². The van der Waals surface area contributed by atoms with Gasteiger partial charge in [0.05, 0.1) is 41.5 Å². The van der Waals surface area contributed by atoms with Crippen molar-refractivity contribution in [1.29, 1.82) is 0 Å². The molecule has 10 nitrogen and oxygen atoms in total. The molecule has 1 atom stereocenters. The van der Waals surface area contributed by atoms with Crippen molar-refractivity contribution in [3.05, 3.63) is 84.3 Å². The number of fused-ring (bicyclic) bond motifs is 3. The summed E-state index contributed by atoms with van der Waals surface area (Å²) in [4.78, 5) is 46.3. The summed E-state index contributed by atoms with van der Waals surface area (Å²) in [5.74, 6) is 0.927. The van der Waals surface area contributed by atoms with Gasteiger partial charge in [0.15, 0.2) is 0 Å². The molecule has 0 radical (unpaired) electrons. The Labute approximate surface area is 261 Å². The van der Waals surface area contributed by atoms with Gasteiger partial charge in [-0.3, -0.25) is 19.6 Å². The van der Waals surface area contributed by atoms with Gasteiger partial charge in [0.1, 0.15) is 5.82 Å². The Kier molecular flexibility index (Phi) is 7.02. The largest absolute Gasteiger partial charge is 0.394 e. The standard InChI is InChI=1S/C18H21N3O3.C17H15N3O/c1-11-19-7-13(8-20-11)12-4-5-15-16(6-12)21(9-14(23)10-22)17(24)18(15,2)3;21-16-17(5-6-17)13-10-19-14(11-2-1-7-18-9-11)8-15(13)20(16)12-3-4-12/h4-8,14,22-23H,9-10H2,1-3H3;1-2,7-10,12H,3-6H2. The first-order valence-electron chi connectivity index (χ1n) is 15.4. The molecule has 0 saturated heterocycles. The summed E-state index contributed by atoms with van der Waals surface area (Å²) >= 11 is 0. The monoisotopic (exact) mass is 604 g/mol. The van der Waals surface area contributed by atoms with E-state index in [0.29, 0.717) is 17.8 Å². The van der Waals surface area contributed by atoms with Gasteiger partial charge in [0, 0.05) is 59.4 Å². The van der Waals surface area contributed by atoms with E-state index in [1.165, 1.54) is 0 Å². The number of hydrogen-bond acceptors (Lipinski definition) is 8. The maximum Gasteiger partial charge on any atom is 0.238 e. The van der Waals surface area contributed by atoms with Crippen molar-refractivity contribution in [2.24, 2.45) is 0 Å². The van der Waals surface area contributed by atoms with Crippen molar-refractivity contribution >= 4 is 23.2 Å². The highest BCUT2D eigenvalue weighted by Gasteiger charge is 2.61. The number of hydrogen-bond donors (Lipinski definition) is 2. The molecule has 2 aliphatic heterocycles. The first kappa shape index (κ1) is 29.2. The number of aliphatic hydroxyl groups is 2. The van der Waals surface area contributed by atoms with Gasteiger partial charge >= 0.3 is 0 Å². The molecule has 5 heterocycles. The number of carbonyl (C=O) groups is 2. The van der Waals surface area contributed by atoms with E-state index in [1.807, 2.05) is 68.4 Å². The van der Waals surface area contributed by atoms with Crippen LogP contribution in [0.2, 0.25) is 0 Å². The van der Waals surface area contributed by atoms with E-state index in [9.17, 15) is 14.7 Å². The van der Waals surface area contributed by atoms with Crippen molar-refractivity contribution in [3.63, 3.8) is 0 Å². The highest BCUT2D eigenvalue weighted by Crippen LogP contribution is 2.59. The van der Waals surface area contributed by atoms with Crippen LogP contribution in [0.25, 0.3) is 22.4 Å². The molecule has 3 aromatic heterocycles. The average molecular weight is 605 g/mol. The molecule has 2 N–H and O–H groups in total. The normalized spacial score (nSPS) is 19.2. The Morgan fingerprint density at radius 1 is 0.889 bits per heavy atom. The summed E-state index contributed by atoms with van der Waals surface area (Å²) < 4.78 is 0. The van der Waals surface area contributed by atoms with Crippen molar-refractivity contribution in [2.45, 2.75) is 69.4 Å². The number of aryl methyl sites for hydroxylation is 1. The summed E-state index contributed by atoms with van der Waals surface area (Å²) in [5, 5.41) is 18.9. The maximum atomic E-state index is 12.8. The van der Waals surface area contributed by atoms with E-state index in [1.54, 1.807) is 23.5 Å². The average Bonchev–Trinajstić information content (AvgIpc) is 3.99. The first-order valence-corrected chi connectivity index (χ1v) is 15.4. The number of carbonyl (C=O) groups excluding carboxylic acids is 2. The summed E-state index contributed by atoms with van der Waals surface area (Å²) in [6.45, 7) is 5.25. The number of nitrogens with zero attached hydrogens (tertiary/aromatic N) is 6. The summed E-state index contributed by atoms with van der Waals surface area (Å²) in [6.07, 6.45) is 12.3. The van der Waals surface area contributed by atoms with E-state index >= 15 is 0 Å². The number of aromatic nitrogens is 4. The quantitative estimate of drug-likeness (QED) is 0.336. The lowest BCUT2D eigenvalue weighted by Gasteiger charge is -2.22. The van der Waals surface area contributed by atoms with E-state index in [0.717, 1.165) is 70.6 Å². The fourth-order valence-electron chi connectivity index (χ4n) is 6.46. The molecule has 2 amide bonds. The molecule has 1 unspecified atom stereocenters. The van der Waals surface area contributed by atoms with Crippen molar-refractivity contribution in [1.82, 2.24) is 19.9 Å². The van der Waals surface area contributed by atoms with Gasteiger partial charge in [-0.25, -0.2) is 9.97 Å². The summed E-state index contributed by atoms with van der Waals surface area (Å²) in [6, 6.07) is 12.2. The second-order valence-corrected chi connectivity index (χ2v) is 12.9. The minimum atomic E-state index is -0.970. The van der Waals surface area contributed by atoms with Gasteiger partial charge in [-0.05, 0) is 81.8 Å². The smallest absolute Gasteiger partial charge is 0.238 e. The molecule has 45 heavy (non-hydrogen) atoms. The Hall–Kier alpha value is -4.54. The minimum Gasteiger partial charge on any atom is -0.394 e. The Morgan fingerprint density at radius 3 is 2.29 bits per heavy atom. The van der Waals surface area contributed by atoms with Gasteiger partial charge in [-0.1, -0.05) is 12.1 Å². The van der Waals surface area contributed by atoms with Crippen LogP contribution in [0.15, 0.2) is 67.4 Å². The number of amides is 2. The third kappa shape index (κ3) is 4.98. The molecule has 1 aromatic carbocycles. The zero-order valence-corrected chi connectivity index (χ0v) is 25.6. The van der Waals surface area contributed by atoms with E-state index in [-0.39, 0.29) is 24.5 Å². The lowest BCUT2D eigenvalue weighted by Crippen LogP contribution is -2.41. The lowest BCUT2D eigenvalue weighted by atomic mass is 9.85. The van der Waals surface area contributed by atoms with Crippen molar-refractivity contribution in [2.75, 3.05) is 23.0 Å². The van der Waals surface area contributed by atoms with Gasteiger partial charge < -0.3 is 20.0 Å². The number of aliphatic hydroxyl groups excluding tert-OH is 2. The van der Waals surface area contributed by atoms with Crippen LogP contribution in [0.5, 0.6) is 0 Å². The molecule has 8 rings (SSSR count). The Balaban J connectivity index is 0.000000145. The third-order valence-corrected chi connectivity index (χ3v) is 9.36. The highest BCUT2D eigenvalue weighted by molar-refractivity contribution is 6.11. The SMILES string of the molecule is Cc1ncc(-c2ccc3c(c2)N(CC(O)CO)C(=O)C3(C)C)cn1.O=C1N(C2CC2)c2cc(-c3cccnc3)ncc2C12CC2. The fourth-order valence-corrected chi connectivity index (χ4v) is 6.46. The van der Waals surface area contributed by atoms with Gasteiger partial charge in [-0.15, -0.1) is 0 Å². The zero-order valence-electron chi connectivity index (χ0n) is 25.6. The second-order valence-electron chi connectivity index (χ2n) is 12.9. The zero-order chi connectivity index (χ0) is 31.5. The molecule has 4 aromatic rings. The van der Waals surface area contributed by atoms with E-state index < -0.39 is 11.5 Å². The molecule has 4 aliphatic rings. The van der Waals surface area contributed by atoms with Crippen molar-refractivity contribution < 1.29 is 19.8 Å². The minimum absolute atomic E-state index is 0.0691. The first-order chi connectivity index (χ1) is 21.6. The topological polar surface area (TPSA) is 133 Å². The molecular weight excluding hydrogens is 568 g/mol. The van der Waals surface area contributed by atoms with Crippen LogP contribution in [0, 0.1) is 6.92 Å². The van der Waals surface area contributed by atoms with Gasteiger partial charge in [-0.2, -0.15) is 0 Å². The third-order valence-electron chi connectivity index (χ3n) is 9.36. The van der Waals surface area contributed by atoms with Crippen LogP contribution < -0.4 is 9.80 Å². The van der Waals surface area contributed by atoms with E-state index in [4.69, 9.17) is 5.11 Å². The Morgan fingerprint density at radius 2 is 1.64 bits per heavy atom. The number of rotatable bonds is 6. The number of benzene rings is 1. The molecule has 0 bridgehead atoms. The van der Waals surface area contributed by atoms with Crippen LogP contribution >= 0.6 is 0 Å². The predicted molar refractivity (Wildman–Crippen MR) is 170 cm³/mol. The molecule has 10 heteroatoms. The maximum absolute atomic E-state index is 12.8. The fraction of sp³-hybridized carbons (Fsp3) is 0.371. The van der Waals surface area contributed by atoms with Crippen LogP contribution in [0.1, 0.15) is 56.5 Å². The predicted octanol–water partition coefficient (Wildman–Crippen LogP) is 4.11. The summed E-state index contributed by atoms with van der Waals surface area (Å²) in [7, 11) is 0. The summed E-state index contributed by atoms with van der Waals surface area (Å²) in [5.41, 5.74) is 6.70. The van der Waals surface area contributed by atoms with Gasteiger partial charge in [0.2, 0.25) is 11.8 Å². The number of pyridine rings is 2. The highest BCUT2D eigenvalue weighted by atomic mass is 16.3. The number of β-amino-alcohol motifs (C(OH)–C–C–N with tert-alkyl or cyclic N) is 1. The molecule has 2 saturated carbocycles.